The third-order valence-electron chi connectivity index (χ3n) is 5.78. The van der Waals surface area contributed by atoms with Crippen molar-refractivity contribution in [1.82, 2.24) is 15.5 Å². The van der Waals surface area contributed by atoms with Gasteiger partial charge in [0.05, 0.1) is 6.10 Å². The fraction of sp³-hybridized carbons (Fsp3) is 0.739. The summed E-state index contributed by atoms with van der Waals surface area (Å²) >= 11 is 0. The summed E-state index contributed by atoms with van der Waals surface area (Å²) in [6.07, 6.45) is 1.69. The van der Waals surface area contributed by atoms with Gasteiger partial charge >= 0.3 is 5.97 Å². The number of unbranched alkanes of at least 4 members (excludes halogenated alkanes) is 1. The zero-order valence-corrected chi connectivity index (χ0v) is 23.0. The second-order valence-electron chi connectivity index (χ2n) is 9.17. The lowest BCUT2D eigenvalue weighted by atomic mass is 10.1. The number of carbonyl (C=O) groups is 5. The fourth-order valence-electron chi connectivity index (χ4n) is 3.77. The molecule has 1 heterocycles. The average Bonchev–Trinajstić information content (AvgIpc) is 3.33. The van der Waals surface area contributed by atoms with Gasteiger partial charge in [-0.2, -0.15) is 0 Å². The third-order valence-corrected chi connectivity index (χ3v) is 5.78. The molecule has 1 aliphatic heterocycles. The Morgan fingerprint density at radius 1 is 1.02 bits per heavy atom. The van der Waals surface area contributed by atoms with E-state index < -0.39 is 59.9 Å². The van der Waals surface area contributed by atoms with E-state index in [1.165, 1.54) is 11.8 Å². The number of hydrogen-bond acceptors (Lipinski definition) is 9. The maximum atomic E-state index is 13.3. The van der Waals surface area contributed by atoms with Crippen LogP contribution in [-0.2, 0) is 24.0 Å². The molecule has 17 nitrogen and oxygen atoms in total. The molecular formula is C23H46N8O9. The van der Waals surface area contributed by atoms with Gasteiger partial charge < -0.3 is 59.3 Å². The standard InChI is InChI=1S/C21H40N8O6.C2H4O2.H2O/c1-12(30)16(23)18(32)27-13(6-2-3-9-22)19(33)29-11-5-8-15(29)17(31)28-14(20(34)35)7-4-10-26-21(24)25;1-2(3)4;/h12-16,30H,2-11,22-23H2,1H3,(H,27,32)(H,28,31)(H,34,35)(H4,24,25,26);1H3,(H,3,4);1H2/t12-,13+,14+,15+,16+;;/m1../s1. The van der Waals surface area contributed by atoms with E-state index in [1.54, 1.807) is 0 Å². The zero-order chi connectivity index (χ0) is 30.1. The predicted octanol–water partition coefficient (Wildman–Crippen LogP) is -3.81. The number of aliphatic imine (C=N–C) groups is 1. The Morgan fingerprint density at radius 3 is 2.10 bits per heavy atom. The molecule has 1 aliphatic rings. The van der Waals surface area contributed by atoms with Gasteiger partial charge in [0, 0.05) is 20.0 Å². The number of likely N-dealkylation sites (tertiary alicyclic amines) is 1. The lowest BCUT2D eigenvalue weighted by Crippen LogP contribution is -2.57. The molecule has 1 fully saturated rings. The number of nitrogens with one attached hydrogen (secondary N) is 2. The molecule has 5 atom stereocenters. The summed E-state index contributed by atoms with van der Waals surface area (Å²) in [7, 11) is 0. The van der Waals surface area contributed by atoms with E-state index in [4.69, 9.17) is 32.8 Å². The number of carboxylic acids is 2. The van der Waals surface area contributed by atoms with Gasteiger partial charge in [0.15, 0.2) is 5.96 Å². The molecule has 0 radical (unpaired) electrons. The molecule has 0 aliphatic carbocycles. The first-order valence-corrected chi connectivity index (χ1v) is 12.8. The van der Waals surface area contributed by atoms with Gasteiger partial charge in [0.2, 0.25) is 17.7 Å². The summed E-state index contributed by atoms with van der Waals surface area (Å²) in [6.45, 7) is 3.36. The van der Waals surface area contributed by atoms with Crippen LogP contribution in [0.3, 0.4) is 0 Å². The minimum atomic E-state index is -1.22. The highest BCUT2D eigenvalue weighted by atomic mass is 16.4. The highest BCUT2D eigenvalue weighted by Gasteiger charge is 2.39. The molecule has 0 bridgehead atoms. The first-order chi connectivity index (χ1) is 18.2. The number of rotatable bonds is 15. The summed E-state index contributed by atoms with van der Waals surface area (Å²) in [5, 5.41) is 31.6. The molecule has 1 saturated heterocycles. The van der Waals surface area contributed by atoms with Crippen molar-refractivity contribution < 1.29 is 44.8 Å². The molecule has 0 spiro atoms. The van der Waals surface area contributed by atoms with Gasteiger partial charge in [-0.15, -0.1) is 0 Å². The molecule has 0 unspecified atom stereocenters. The molecule has 1 rings (SSSR count). The lowest BCUT2D eigenvalue weighted by Gasteiger charge is -2.30. The number of guanidine groups is 1. The topological polar surface area (TPSA) is 321 Å². The number of nitrogens with two attached hydrogens (primary N) is 4. The largest absolute Gasteiger partial charge is 0.481 e. The number of amides is 3. The van der Waals surface area contributed by atoms with Crippen LogP contribution in [0, 0.1) is 0 Å². The van der Waals surface area contributed by atoms with E-state index >= 15 is 0 Å². The maximum absolute atomic E-state index is 13.3. The molecule has 232 valence electrons. The summed E-state index contributed by atoms with van der Waals surface area (Å²) in [4.78, 5) is 64.4. The van der Waals surface area contributed by atoms with Gasteiger partial charge in [-0.1, -0.05) is 0 Å². The average molecular weight is 579 g/mol. The second kappa shape index (κ2) is 20.4. The van der Waals surface area contributed by atoms with Crippen LogP contribution in [-0.4, -0.2) is 111 Å². The van der Waals surface area contributed by atoms with Gasteiger partial charge in [-0.25, -0.2) is 4.79 Å². The minimum absolute atomic E-state index is 0. The van der Waals surface area contributed by atoms with Crippen LogP contribution < -0.4 is 33.6 Å². The van der Waals surface area contributed by atoms with Crippen LogP contribution in [0.15, 0.2) is 4.99 Å². The Balaban J connectivity index is 0. The van der Waals surface area contributed by atoms with Crippen LogP contribution in [0.5, 0.6) is 0 Å². The molecule has 0 aromatic carbocycles. The van der Waals surface area contributed by atoms with Crippen molar-refractivity contribution in [3.63, 3.8) is 0 Å². The van der Waals surface area contributed by atoms with Crippen molar-refractivity contribution in [3.05, 3.63) is 0 Å². The first-order valence-electron chi connectivity index (χ1n) is 12.8. The molecule has 3 amide bonds. The van der Waals surface area contributed by atoms with Crippen LogP contribution in [0.25, 0.3) is 0 Å². The number of aliphatic hydroxyl groups excluding tert-OH is 1. The number of nitrogens with zero attached hydrogens (tertiary/aromatic N) is 2. The Bertz CT molecular complexity index is 848. The van der Waals surface area contributed by atoms with Gasteiger partial charge in [0.25, 0.3) is 5.97 Å². The van der Waals surface area contributed by atoms with Crippen molar-refractivity contribution in [2.75, 3.05) is 19.6 Å². The van der Waals surface area contributed by atoms with Crippen molar-refractivity contribution >= 4 is 35.6 Å². The Hall–Kier alpha value is -3.54. The third kappa shape index (κ3) is 15.2. The maximum Gasteiger partial charge on any atom is 0.326 e. The van der Waals surface area contributed by atoms with Crippen LogP contribution in [0.4, 0.5) is 0 Å². The van der Waals surface area contributed by atoms with E-state index in [-0.39, 0.29) is 37.4 Å². The van der Waals surface area contributed by atoms with Crippen LogP contribution >= 0.6 is 0 Å². The van der Waals surface area contributed by atoms with Gasteiger partial charge in [-0.3, -0.25) is 24.2 Å². The molecular weight excluding hydrogens is 532 g/mol. The van der Waals surface area contributed by atoms with E-state index in [2.05, 4.69) is 15.6 Å². The van der Waals surface area contributed by atoms with E-state index in [9.17, 15) is 29.4 Å². The fourth-order valence-corrected chi connectivity index (χ4v) is 3.77. The van der Waals surface area contributed by atoms with Gasteiger partial charge in [-0.05, 0) is 58.4 Å². The Kier molecular flexibility index (Phi) is 19.7. The van der Waals surface area contributed by atoms with Crippen molar-refractivity contribution in [2.45, 2.75) is 89.1 Å². The number of carboxylic acid groups (broad SMARTS) is 2. The number of aliphatic carboxylic acids is 2. The minimum Gasteiger partial charge on any atom is -0.481 e. The highest BCUT2D eigenvalue weighted by molar-refractivity contribution is 5.94. The summed E-state index contributed by atoms with van der Waals surface area (Å²) < 4.78 is 0. The quantitative estimate of drug-likeness (QED) is 0.0513. The Labute approximate surface area is 233 Å². The second-order valence-corrected chi connectivity index (χ2v) is 9.17. The van der Waals surface area contributed by atoms with Crippen LogP contribution in [0.1, 0.15) is 58.8 Å². The molecule has 15 N–H and O–H groups in total. The van der Waals surface area contributed by atoms with Crippen LogP contribution in [0.2, 0.25) is 0 Å². The molecule has 17 heteroatoms. The van der Waals surface area contributed by atoms with E-state index in [1.807, 2.05) is 0 Å². The number of aliphatic hydroxyl groups is 1. The van der Waals surface area contributed by atoms with Gasteiger partial charge in [0.1, 0.15) is 24.2 Å². The van der Waals surface area contributed by atoms with E-state index in [0.717, 1.165) is 6.92 Å². The molecule has 0 saturated carbocycles. The normalized spacial score (nSPS) is 17.0. The smallest absolute Gasteiger partial charge is 0.326 e. The molecule has 0 aromatic rings. The number of hydrogen-bond donors (Lipinski definition) is 9. The van der Waals surface area contributed by atoms with Crippen molar-refractivity contribution in [3.8, 4) is 0 Å². The summed E-state index contributed by atoms with van der Waals surface area (Å²) in [6, 6.07) is -4.21. The summed E-state index contributed by atoms with van der Waals surface area (Å²) in [5.41, 5.74) is 21.7. The SMILES string of the molecule is CC(=O)O.C[C@@H](O)[C@H](N)C(=O)N[C@@H](CCCCN)C(=O)N1CCC[C@H]1C(=O)N[C@@H](CCCN=C(N)N)C(=O)O.O. The predicted molar refractivity (Wildman–Crippen MR) is 146 cm³/mol. The summed E-state index contributed by atoms with van der Waals surface area (Å²) in [5.74, 6) is -3.89. The van der Waals surface area contributed by atoms with Crippen molar-refractivity contribution in [2.24, 2.45) is 27.9 Å². The monoisotopic (exact) mass is 578 g/mol. The zero-order valence-electron chi connectivity index (χ0n) is 23.0. The molecule has 40 heavy (non-hydrogen) atoms. The first kappa shape index (κ1) is 38.6. The Morgan fingerprint density at radius 2 is 1.60 bits per heavy atom. The lowest BCUT2D eigenvalue weighted by molar-refractivity contribution is -0.145. The van der Waals surface area contributed by atoms with Crippen molar-refractivity contribution in [1.29, 1.82) is 0 Å². The van der Waals surface area contributed by atoms with E-state index in [0.29, 0.717) is 38.6 Å². The number of carbonyl (C=O) groups excluding carboxylic acids is 3. The molecule has 0 aromatic heterocycles. The highest BCUT2D eigenvalue weighted by Crippen LogP contribution is 2.20.